The summed E-state index contributed by atoms with van der Waals surface area (Å²) in [6.45, 7) is 4.87. The minimum absolute atomic E-state index is 0.00766. The van der Waals surface area contributed by atoms with Crippen molar-refractivity contribution in [2.75, 3.05) is 10.8 Å². The van der Waals surface area contributed by atoms with E-state index in [2.05, 4.69) is 5.32 Å². The first kappa shape index (κ1) is 32.5. The highest BCUT2D eigenvalue weighted by Gasteiger charge is 2.35. The first-order valence-corrected chi connectivity index (χ1v) is 16.5. The zero-order valence-electron chi connectivity index (χ0n) is 24.9. The van der Waals surface area contributed by atoms with Crippen LogP contribution in [0.15, 0.2) is 71.6 Å². The fraction of sp³-hybridized carbons (Fsp3) is 0.394. The monoisotopic (exact) mass is 627 g/mol. The number of rotatable bonds is 11. The number of anilines is 1. The molecule has 0 saturated heterocycles. The van der Waals surface area contributed by atoms with Gasteiger partial charge >= 0.3 is 0 Å². The quantitative estimate of drug-likeness (QED) is 0.261. The van der Waals surface area contributed by atoms with Gasteiger partial charge in [-0.3, -0.25) is 13.9 Å². The molecular weight excluding hydrogens is 589 g/mol. The lowest BCUT2D eigenvalue weighted by atomic mass is 9.95. The molecule has 1 aliphatic carbocycles. The molecule has 2 amide bonds. The third-order valence-corrected chi connectivity index (χ3v) is 9.93. The summed E-state index contributed by atoms with van der Waals surface area (Å²) >= 11 is 6.19. The Labute approximate surface area is 259 Å². The van der Waals surface area contributed by atoms with E-state index in [1.165, 1.54) is 29.2 Å². The van der Waals surface area contributed by atoms with Crippen LogP contribution in [0, 0.1) is 19.7 Å². The zero-order valence-corrected chi connectivity index (χ0v) is 26.4. The van der Waals surface area contributed by atoms with Gasteiger partial charge in [-0.1, -0.05) is 67.6 Å². The summed E-state index contributed by atoms with van der Waals surface area (Å²) in [5.74, 6) is -1.25. The van der Waals surface area contributed by atoms with E-state index in [0.29, 0.717) is 28.3 Å². The minimum atomic E-state index is -4.20. The van der Waals surface area contributed by atoms with Gasteiger partial charge in [-0.05, 0) is 86.7 Å². The van der Waals surface area contributed by atoms with E-state index in [-0.39, 0.29) is 23.4 Å². The summed E-state index contributed by atoms with van der Waals surface area (Å²) in [5.41, 5.74) is 2.39. The number of carbonyl (C=O) groups excluding carboxylic acids is 2. The Kier molecular flexibility index (Phi) is 10.8. The van der Waals surface area contributed by atoms with Crippen LogP contribution >= 0.6 is 11.6 Å². The van der Waals surface area contributed by atoms with Crippen LogP contribution in [0.5, 0.6) is 0 Å². The number of hydrogen-bond donors (Lipinski definition) is 1. The first-order chi connectivity index (χ1) is 20.5. The molecule has 0 bridgehead atoms. The molecule has 0 aromatic heterocycles. The van der Waals surface area contributed by atoms with Crippen LogP contribution in [0.3, 0.4) is 0 Å². The van der Waals surface area contributed by atoms with Gasteiger partial charge in [-0.2, -0.15) is 0 Å². The summed E-state index contributed by atoms with van der Waals surface area (Å²) < 4.78 is 42.9. The summed E-state index contributed by atoms with van der Waals surface area (Å²) in [6, 6.07) is 16.1. The molecule has 0 aliphatic heterocycles. The predicted molar refractivity (Wildman–Crippen MR) is 168 cm³/mol. The van der Waals surface area contributed by atoms with E-state index in [0.717, 1.165) is 42.0 Å². The number of benzene rings is 3. The standard InChI is InChI=1S/C33H39ClFN3O4S/c1-4-30(33(40)36-28-8-6-5-7-9-28)37(21-25-12-15-27(35)16-13-25)32(39)22-38(31-19-14-26(34)20-24(31)3)43(41,42)29-17-10-23(2)11-18-29/h10-20,28,30H,4-9,21-22H2,1-3H3,(H,36,40). The Balaban J connectivity index is 1.72. The second-order valence-electron chi connectivity index (χ2n) is 11.2. The maximum Gasteiger partial charge on any atom is 0.264 e. The number of sulfonamides is 1. The lowest BCUT2D eigenvalue weighted by Gasteiger charge is -2.34. The van der Waals surface area contributed by atoms with Crippen LogP contribution in [0.2, 0.25) is 5.02 Å². The molecule has 3 aromatic rings. The highest BCUT2D eigenvalue weighted by Crippen LogP contribution is 2.30. The van der Waals surface area contributed by atoms with Crippen LogP contribution in [0.1, 0.15) is 62.1 Å². The maximum atomic E-state index is 14.2. The summed E-state index contributed by atoms with van der Waals surface area (Å²) in [6.07, 6.45) is 5.28. The SMILES string of the molecule is CCC(C(=O)NC1CCCCC1)N(Cc1ccc(F)cc1)C(=O)CN(c1ccc(Cl)cc1C)S(=O)(=O)c1ccc(C)cc1. The Morgan fingerprint density at radius 2 is 1.63 bits per heavy atom. The number of aryl methyl sites for hydroxylation is 2. The highest BCUT2D eigenvalue weighted by molar-refractivity contribution is 7.92. The molecule has 3 aromatic carbocycles. The molecule has 230 valence electrons. The Morgan fingerprint density at radius 1 is 0.977 bits per heavy atom. The van der Waals surface area contributed by atoms with E-state index in [9.17, 15) is 22.4 Å². The Morgan fingerprint density at radius 3 is 2.23 bits per heavy atom. The smallest absolute Gasteiger partial charge is 0.264 e. The summed E-state index contributed by atoms with van der Waals surface area (Å²) in [7, 11) is -4.20. The zero-order chi connectivity index (χ0) is 31.1. The van der Waals surface area contributed by atoms with Crippen LogP contribution in [-0.2, 0) is 26.2 Å². The number of hydrogen-bond acceptors (Lipinski definition) is 4. The number of halogens is 2. The molecule has 0 spiro atoms. The predicted octanol–water partition coefficient (Wildman–Crippen LogP) is 6.55. The molecular formula is C33H39ClFN3O4S. The van der Waals surface area contributed by atoms with Crippen LogP contribution in [-0.4, -0.2) is 43.8 Å². The molecule has 10 heteroatoms. The third-order valence-electron chi connectivity index (χ3n) is 7.92. The van der Waals surface area contributed by atoms with Crippen molar-refractivity contribution in [1.29, 1.82) is 0 Å². The molecule has 0 heterocycles. The average Bonchev–Trinajstić information content (AvgIpc) is 2.98. The number of amides is 2. The van der Waals surface area contributed by atoms with Crippen LogP contribution in [0.25, 0.3) is 0 Å². The minimum Gasteiger partial charge on any atom is -0.352 e. The molecule has 1 atom stereocenters. The van der Waals surface area contributed by atoms with Gasteiger partial charge in [0.1, 0.15) is 18.4 Å². The summed E-state index contributed by atoms with van der Waals surface area (Å²) in [5, 5.41) is 3.56. The first-order valence-electron chi connectivity index (χ1n) is 14.7. The van der Waals surface area contributed by atoms with Gasteiger partial charge in [0.05, 0.1) is 10.6 Å². The lowest BCUT2D eigenvalue weighted by molar-refractivity contribution is -0.140. The molecule has 4 rings (SSSR count). The van der Waals surface area contributed by atoms with Crippen molar-refractivity contribution in [2.24, 2.45) is 0 Å². The van der Waals surface area contributed by atoms with Crippen molar-refractivity contribution in [2.45, 2.75) is 82.8 Å². The molecule has 7 nitrogen and oxygen atoms in total. The van der Waals surface area contributed by atoms with Gasteiger partial charge in [0.2, 0.25) is 11.8 Å². The Bertz CT molecular complexity index is 1520. The maximum absolute atomic E-state index is 14.2. The molecule has 1 unspecified atom stereocenters. The third kappa shape index (κ3) is 8.15. The van der Waals surface area contributed by atoms with Crippen LogP contribution < -0.4 is 9.62 Å². The average molecular weight is 628 g/mol. The van der Waals surface area contributed by atoms with Crippen molar-refractivity contribution < 1.29 is 22.4 Å². The normalized spacial score (nSPS) is 14.6. The van der Waals surface area contributed by atoms with E-state index < -0.39 is 34.3 Å². The molecule has 0 radical (unpaired) electrons. The fourth-order valence-corrected chi connectivity index (χ4v) is 7.21. The lowest BCUT2D eigenvalue weighted by Crippen LogP contribution is -2.54. The van der Waals surface area contributed by atoms with Crippen molar-refractivity contribution in [3.63, 3.8) is 0 Å². The van der Waals surface area contributed by atoms with Gasteiger partial charge in [-0.25, -0.2) is 12.8 Å². The van der Waals surface area contributed by atoms with Crippen molar-refractivity contribution in [3.8, 4) is 0 Å². The highest BCUT2D eigenvalue weighted by atomic mass is 35.5. The van der Waals surface area contributed by atoms with Crippen molar-refractivity contribution in [3.05, 3.63) is 94.3 Å². The Hall–Kier alpha value is -3.43. The summed E-state index contributed by atoms with van der Waals surface area (Å²) in [4.78, 5) is 29.3. The topological polar surface area (TPSA) is 86.8 Å². The number of nitrogens with zero attached hydrogens (tertiary/aromatic N) is 2. The molecule has 1 N–H and O–H groups in total. The van der Waals surface area contributed by atoms with Crippen molar-refractivity contribution >= 4 is 39.1 Å². The second kappa shape index (κ2) is 14.4. The molecule has 43 heavy (non-hydrogen) atoms. The molecule has 1 fully saturated rings. The van der Waals surface area contributed by atoms with Gasteiger partial charge in [0.15, 0.2) is 0 Å². The van der Waals surface area contributed by atoms with E-state index in [1.54, 1.807) is 49.4 Å². The molecule has 1 aliphatic rings. The van der Waals surface area contributed by atoms with E-state index in [4.69, 9.17) is 11.6 Å². The largest absolute Gasteiger partial charge is 0.352 e. The second-order valence-corrected chi connectivity index (χ2v) is 13.5. The number of carbonyl (C=O) groups is 2. The van der Waals surface area contributed by atoms with Gasteiger partial charge in [0, 0.05) is 17.6 Å². The van der Waals surface area contributed by atoms with Gasteiger partial charge in [-0.15, -0.1) is 0 Å². The van der Waals surface area contributed by atoms with Crippen molar-refractivity contribution in [1.82, 2.24) is 10.2 Å². The van der Waals surface area contributed by atoms with Gasteiger partial charge in [0.25, 0.3) is 10.0 Å². The van der Waals surface area contributed by atoms with E-state index in [1.807, 2.05) is 13.8 Å². The van der Waals surface area contributed by atoms with Gasteiger partial charge < -0.3 is 10.2 Å². The number of nitrogens with one attached hydrogen (secondary N) is 1. The molecule has 1 saturated carbocycles. The fourth-order valence-electron chi connectivity index (χ4n) is 5.50. The van der Waals surface area contributed by atoms with Crippen LogP contribution in [0.4, 0.5) is 10.1 Å². The van der Waals surface area contributed by atoms with E-state index >= 15 is 0 Å².